The number of urea groups is 1. The lowest BCUT2D eigenvalue weighted by atomic mass is 10.00. The van der Waals surface area contributed by atoms with E-state index >= 15 is 0 Å². The molecule has 29 heavy (non-hydrogen) atoms. The van der Waals surface area contributed by atoms with Crippen molar-refractivity contribution in [2.45, 2.75) is 55.4 Å². The number of aryl methyl sites for hydroxylation is 1. The summed E-state index contributed by atoms with van der Waals surface area (Å²) in [7, 11) is -4.12. The number of hydrogen-bond acceptors (Lipinski definition) is 5. The van der Waals surface area contributed by atoms with Crippen LogP contribution in [0.3, 0.4) is 0 Å². The lowest BCUT2D eigenvalue weighted by molar-refractivity contribution is 0.224. The molecule has 0 radical (unpaired) electrons. The van der Waals surface area contributed by atoms with E-state index in [0.717, 1.165) is 43.2 Å². The Morgan fingerprint density at radius 2 is 1.83 bits per heavy atom. The number of hydrogen-bond donors (Lipinski definition) is 2. The van der Waals surface area contributed by atoms with Gasteiger partial charge in [-0.25, -0.2) is 22.6 Å². The van der Waals surface area contributed by atoms with E-state index in [1.807, 2.05) is 12.1 Å². The summed E-state index contributed by atoms with van der Waals surface area (Å²) >= 11 is 6.30. The molecule has 0 atom stereocenters. The summed E-state index contributed by atoms with van der Waals surface area (Å²) in [4.78, 5) is 12.5. The first-order valence-electron chi connectivity index (χ1n) is 9.78. The maximum absolute atomic E-state index is 12.8. The van der Waals surface area contributed by atoms with E-state index in [0.29, 0.717) is 35.7 Å². The third-order valence-corrected chi connectivity index (χ3v) is 7.00. The molecule has 2 heterocycles. The van der Waals surface area contributed by atoms with Crippen molar-refractivity contribution in [3.05, 3.63) is 34.5 Å². The van der Waals surface area contributed by atoms with Gasteiger partial charge in [0.15, 0.2) is 4.90 Å². The Kier molecular flexibility index (Phi) is 4.47. The molecule has 1 aromatic heterocycles. The van der Waals surface area contributed by atoms with Gasteiger partial charge in [0.05, 0.1) is 12.8 Å². The molecule has 2 N–H and O–H groups in total. The molecule has 0 bridgehead atoms. The largest absolute Gasteiger partial charge is 0.477 e. The molecule has 2 aromatic rings. The Bertz CT molecular complexity index is 1060. The van der Waals surface area contributed by atoms with Gasteiger partial charge in [-0.3, -0.25) is 0 Å². The molecule has 0 saturated heterocycles. The monoisotopic (exact) mass is 436 g/mol. The topological polar surface area (TPSA) is 102 Å². The molecule has 2 amide bonds. The minimum atomic E-state index is -4.12. The molecule has 0 unspecified atom stereocenters. The molecule has 0 spiro atoms. The number of nitrogens with zero attached hydrogens (tertiary/aromatic N) is 2. The van der Waals surface area contributed by atoms with Crippen molar-refractivity contribution >= 4 is 33.3 Å². The lowest BCUT2D eigenvalue weighted by Gasteiger charge is -2.18. The summed E-state index contributed by atoms with van der Waals surface area (Å²) in [6.45, 7) is 0.998. The number of benzene rings is 1. The molecular formula is C19H21ClN4O4S. The number of carbonyl (C=O) groups excluding carboxylic acids is 1. The number of carbonyl (C=O) groups is 1. The predicted molar refractivity (Wildman–Crippen MR) is 107 cm³/mol. The Morgan fingerprint density at radius 3 is 2.45 bits per heavy atom. The van der Waals surface area contributed by atoms with E-state index < -0.39 is 16.1 Å². The normalized spacial score (nSPS) is 18.7. The Balaban J connectivity index is 1.41. The molecule has 1 aromatic carbocycles. The number of amides is 2. The van der Waals surface area contributed by atoms with Crippen molar-refractivity contribution in [2.24, 2.45) is 0 Å². The molecule has 10 heteroatoms. The number of aromatic nitrogens is 2. The van der Waals surface area contributed by atoms with Crippen LogP contribution >= 0.6 is 11.6 Å². The zero-order valence-corrected chi connectivity index (χ0v) is 17.2. The summed E-state index contributed by atoms with van der Waals surface area (Å²) in [6.07, 6.45) is 6.13. The Labute approximate surface area is 173 Å². The Morgan fingerprint density at radius 1 is 1.17 bits per heavy atom. The number of ether oxygens (including phenoxy) is 1. The first-order chi connectivity index (χ1) is 13.9. The third-order valence-electron chi connectivity index (χ3n) is 5.47. The average molecular weight is 437 g/mol. The fraction of sp³-hybridized carbons (Fsp3) is 0.474. The van der Waals surface area contributed by atoms with E-state index in [1.165, 1.54) is 10.9 Å². The van der Waals surface area contributed by atoms with Crippen LogP contribution in [0.4, 0.5) is 10.5 Å². The highest BCUT2D eigenvalue weighted by atomic mass is 35.5. The number of rotatable bonds is 5. The van der Waals surface area contributed by atoms with Crippen LogP contribution < -0.4 is 14.8 Å². The van der Waals surface area contributed by atoms with E-state index in [4.69, 9.17) is 16.3 Å². The van der Waals surface area contributed by atoms with Gasteiger partial charge >= 0.3 is 6.03 Å². The molecule has 2 fully saturated rings. The maximum Gasteiger partial charge on any atom is 0.333 e. The minimum absolute atomic E-state index is 0.131. The van der Waals surface area contributed by atoms with Crippen molar-refractivity contribution in [3.8, 4) is 5.88 Å². The lowest BCUT2D eigenvalue weighted by Crippen LogP contribution is -2.35. The van der Waals surface area contributed by atoms with Crippen LogP contribution in [-0.4, -0.2) is 30.8 Å². The van der Waals surface area contributed by atoms with Gasteiger partial charge in [0.2, 0.25) is 5.88 Å². The highest BCUT2D eigenvalue weighted by Crippen LogP contribution is 2.51. The summed E-state index contributed by atoms with van der Waals surface area (Å²) in [5, 5.41) is 7.48. The fourth-order valence-electron chi connectivity index (χ4n) is 3.77. The van der Waals surface area contributed by atoms with Crippen molar-refractivity contribution in [1.29, 1.82) is 0 Å². The number of halogens is 1. The summed E-state index contributed by atoms with van der Waals surface area (Å²) in [5.41, 5.74) is 2.66. The van der Waals surface area contributed by atoms with Crippen molar-refractivity contribution in [1.82, 2.24) is 14.5 Å². The first kappa shape index (κ1) is 18.7. The zero-order valence-electron chi connectivity index (χ0n) is 15.7. The van der Waals surface area contributed by atoms with Crippen molar-refractivity contribution in [3.63, 3.8) is 0 Å². The third kappa shape index (κ3) is 3.69. The number of sulfonamides is 1. The molecular weight excluding hydrogens is 416 g/mol. The summed E-state index contributed by atoms with van der Waals surface area (Å²) in [5.74, 6) is 0.879. The van der Waals surface area contributed by atoms with Crippen molar-refractivity contribution in [2.75, 3.05) is 11.9 Å². The van der Waals surface area contributed by atoms with Gasteiger partial charge in [-0.2, -0.15) is 5.10 Å². The standard InChI is InChI=1S/C19H21ClN4O4S/c20-13-8-14(11-2-3-11)17(15(9-13)12-4-5-12)22-19(25)23-29(26,27)16-10-21-24-6-1-7-28-18(16)24/h8-12H,1-7H2,(H2,22,23,25). The predicted octanol–water partition coefficient (Wildman–Crippen LogP) is 3.58. The van der Waals surface area contributed by atoms with E-state index in [9.17, 15) is 13.2 Å². The molecule has 154 valence electrons. The quantitative estimate of drug-likeness (QED) is 0.745. The molecule has 1 aliphatic heterocycles. The van der Waals surface area contributed by atoms with Gasteiger partial charge in [0.25, 0.3) is 10.0 Å². The van der Waals surface area contributed by atoms with Crippen molar-refractivity contribution < 1.29 is 17.9 Å². The van der Waals surface area contributed by atoms with Gasteiger partial charge < -0.3 is 10.1 Å². The van der Waals surface area contributed by atoms with Crippen LogP contribution in [0.25, 0.3) is 0 Å². The molecule has 5 rings (SSSR count). The fourth-order valence-corrected chi connectivity index (χ4v) is 4.99. The smallest absolute Gasteiger partial charge is 0.333 e. The van der Waals surface area contributed by atoms with Gasteiger partial charge in [-0.15, -0.1) is 0 Å². The molecule has 2 saturated carbocycles. The number of fused-ring (bicyclic) bond motifs is 1. The highest BCUT2D eigenvalue weighted by Gasteiger charge is 2.34. The van der Waals surface area contributed by atoms with Gasteiger partial charge in [-0.1, -0.05) is 11.6 Å². The number of nitrogens with one attached hydrogen (secondary N) is 2. The molecule has 2 aliphatic carbocycles. The minimum Gasteiger partial charge on any atom is -0.477 e. The van der Waals surface area contributed by atoms with Gasteiger partial charge in [-0.05, 0) is 60.8 Å². The van der Waals surface area contributed by atoms with Crippen LogP contribution in [0, 0.1) is 0 Å². The SMILES string of the molecule is O=C(Nc1c(C2CC2)cc(Cl)cc1C1CC1)NS(=O)(=O)c1cnn2c1OCCC2. The Hall–Kier alpha value is -2.26. The van der Waals surface area contributed by atoms with Crippen LogP contribution in [0.15, 0.2) is 23.2 Å². The average Bonchev–Trinajstić information content (AvgIpc) is 3.59. The summed E-state index contributed by atoms with van der Waals surface area (Å²) in [6, 6.07) is 2.95. The molecule has 8 nitrogen and oxygen atoms in total. The van der Waals surface area contributed by atoms with E-state index in [2.05, 4.69) is 15.1 Å². The second kappa shape index (κ2) is 6.91. The van der Waals surface area contributed by atoms with Gasteiger partial charge in [0.1, 0.15) is 0 Å². The highest BCUT2D eigenvalue weighted by molar-refractivity contribution is 7.90. The van der Waals surface area contributed by atoms with Crippen LogP contribution in [-0.2, 0) is 16.6 Å². The second-order valence-corrected chi connectivity index (χ2v) is 9.89. The van der Waals surface area contributed by atoms with Gasteiger partial charge in [0, 0.05) is 23.7 Å². The van der Waals surface area contributed by atoms with Crippen LogP contribution in [0.1, 0.15) is 55.1 Å². The number of anilines is 1. The second-order valence-electron chi connectivity index (χ2n) is 7.81. The van der Waals surface area contributed by atoms with Crippen LogP contribution in [0.5, 0.6) is 5.88 Å². The van der Waals surface area contributed by atoms with Crippen LogP contribution in [0.2, 0.25) is 5.02 Å². The maximum atomic E-state index is 12.8. The molecule has 3 aliphatic rings. The van der Waals surface area contributed by atoms with E-state index in [1.54, 1.807) is 0 Å². The first-order valence-corrected chi connectivity index (χ1v) is 11.6. The summed E-state index contributed by atoms with van der Waals surface area (Å²) < 4.78 is 34.6. The van der Waals surface area contributed by atoms with E-state index in [-0.39, 0.29) is 10.8 Å². The zero-order chi connectivity index (χ0) is 20.2.